The second kappa shape index (κ2) is 5.63. The molecule has 0 amide bonds. The molecule has 3 nitrogen and oxygen atoms in total. The molecule has 0 aliphatic carbocycles. The van der Waals surface area contributed by atoms with Crippen molar-refractivity contribution in [2.45, 2.75) is 0 Å². The van der Waals surface area contributed by atoms with Gasteiger partial charge in [-0.25, -0.2) is 4.39 Å². The van der Waals surface area contributed by atoms with Crippen molar-refractivity contribution in [2.75, 3.05) is 0 Å². The number of rotatable bonds is 1. The number of halogens is 2. The Balaban J connectivity index is 1.78. The van der Waals surface area contributed by atoms with Gasteiger partial charge in [0.25, 0.3) is 0 Å². The quantitative estimate of drug-likeness (QED) is 0.345. The maximum absolute atomic E-state index is 14.9. The lowest BCUT2D eigenvalue weighted by molar-refractivity contribution is 0.475. The summed E-state index contributed by atoms with van der Waals surface area (Å²) >= 11 is 6.01. The fourth-order valence-corrected chi connectivity index (χ4v) is 3.63. The van der Waals surface area contributed by atoms with E-state index in [1.165, 1.54) is 12.1 Å². The fraction of sp³-hybridized carbons (Fsp3) is 0. The van der Waals surface area contributed by atoms with Crippen LogP contribution in [0, 0.1) is 5.82 Å². The third-order valence-corrected chi connectivity index (χ3v) is 4.99. The highest BCUT2D eigenvalue weighted by Crippen LogP contribution is 2.39. The monoisotopic (exact) mass is 378 g/mol. The van der Waals surface area contributed by atoms with Gasteiger partial charge in [0, 0.05) is 33.0 Å². The van der Waals surface area contributed by atoms with Crippen LogP contribution in [0.1, 0.15) is 0 Å². The zero-order chi connectivity index (χ0) is 18.7. The van der Waals surface area contributed by atoms with E-state index in [9.17, 15) is 14.6 Å². The van der Waals surface area contributed by atoms with Crippen LogP contribution in [0.5, 0.6) is 11.5 Å². The molecule has 0 saturated carbocycles. The van der Waals surface area contributed by atoms with E-state index in [1.54, 1.807) is 48.5 Å². The molecule has 0 unspecified atom stereocenters. The lowest BCUT2D eigenvalue weighted by Crippen LogP contribution is -1.86. The van der Waals surface area contributed by atoms with Crippen molar-refractivity contribution in [3.63, 3.8) is 0 Å². The average Bonchev–Trinajstić information content (AvgIpc) is 2.97. The Kier molecular flexibility index (Phi) is 3.33. The number of furan rings is 1. The Morgan fingerprint density at radius 3 is 2.41 bits per heavy atom. The van der Waals surface area contributed by atoms with E-state index >= 15 is 0 Å². The molecule has 4 aromatic carbocycles. The van der Waals surface area contributed by atoms with Crippen LogP contribution in [-0.2, 0) is 0 Å². The number of hydrogen-bond donors (Lipinski definition) is 2. The molecule has 1 aromatic heterocycles. The summed E-state index contributed by atoms with van der Waals surface area (Å²) in [4.78, 5) is 0. The maximum atomic E-state index is 14.9. The van der Waals surface area contributed by atoms with Crippen molar-refractivity contribution in [3.8, 4) is 22.6 Å². The van der Waals surface area contributed by atoms with Crippen LogP contribution in [0.3, 0.4) is 0 Å². The van der Waals surface area contributed by atoms with Gasteiger partial charge in [-0.3, -0.25) is 0 Å². The smallest absolute Gasteiger partial charge is 0.136 e. The second-order valence-corrected chi connectivity index (χ2v) is 6.91. The van der Waals surface area contributed by atoms with E-state index in [1.807, 2.05) is 0 Å². The summed E-state index contributed by atoms with van der Waals surface area (Å²) in [5, 5.41) is 23.4. The minimum atomic E-state index is -0.464. The SMILES string of the molecule is Oc1ccc2cc(-c3cc4oc5cc(Cl)ccc5c4cc3F)c(O)cc2c1. The lowest BCUT2D eigenvalue weighted by atomic mass is 9.98. The van der Waals surface area contributed by atoms with Gasteiger partial charge < -0.3 is 14.6 Å². The van der Waals surface area contributed by atoms with Gasteiger partial charge in [0.2, 0.25) is 0 Å². The van der Waals surface area contributed by atoms with E-state index in [0.29, 0.717) is 32.5 Å². The molecule has 5 rings (SSSR count). The molecule has 0 aliphatic rings. The average molecular weight is 379 g/mol. The number of fused-ring (bicyclic) bond motifs is 4. The third kappa shape index (κ3) is 2.49. The summed E-state index contributed by atoms with van der Waals surface area (Å²) in [6.45, 7) is 0. The molecule has 5 heteroatoms. The van der Waals surface area contributed by atoms with Gasteiger partial charge in [0.1, 0.15) is 28.5 Å². The van der Waals surface area contributed by atoms with Crippen molar-refractivity contribution in [2.24, 2.45) is 0 Å². The van der Waals surface area contributed by atoms with Gasteiger partial charge in [-0.1, -0.05) is 17.7 Å². The van der Waals surface area contributed by atoms with Crippen LogP contribution in [0.4, 0.5) is 4.39 Å². The molecule has 0 bridgehead atoms. The highest BCUT2D eigenvalue weighted by molar-refractivity contribution is 6.31. The number of phenolic OH excluding ortho intramolecular Hbond substituents is 2. The number of benzene rings is 4. The molecule has 1 heterocycles. The molecule has 2 N–H and O–H groups in total. The van der Waals surface area contributed by atoms with Crippen molar-refractivity contribution in [1.29, 1.82) is 0 Å². The molecule has 0 radical (unpaired) electrons. The summed E-state index contributed by atoms with van der Waals surface area (Å²) < 4.78 is 20.7. The molecular weight excluding hydrogens is 367 g/mol. The normalized spacial score (nSPS) is 11.6. The molecule has 0 spiro atoms. The van der Waals surface area contributed by atoms with Gasteiger partial charge in [0.15, 0.2) is 0 Å². The fourth-order valence-electron chi connectivity index (χ4n) is 3.47. The Hall–Kier alpha value is -3.24. The predicted octanol–water partition coefficient (Wildman–Crippen LogP) is 6.61. The summed E-state index contributed by atoms with van der Waals surface area (Å²) in [5.74, 6) is -0.442. The first kappa shape index (κ1) is 16.0. The van der Waals surface area contributed by atoms with Crippen molar-refractivity contribution in [1.82, 2.24) is 0 Å². The van der Waals surface area contributed by atoms with E-state index < -0.39 is 5.82 Å². The Morgan fingerprint density at radius 1 is 0.741 bits per heavy atom. The molecule has 0 saturated heterocycles. The van der Waals surface area contributed by atoms with E-state index in [0.717, 1.165) is 10.8 Å². The second-order valence-electron chi connectivity index (χ2n) is 6.47. The van der Waals surface area contributed by atoms with E-state index in [4.69, 9.17) is 16.0 Å². The minimum absolute atomic E-state index is 0.0782. The molecular formula is C22H12ClFO3. The summed E-state index contributed by atoms with van der Waals surface area (Å²) in [6, 6.07) is 16.2. The largest absolute Gasteiger partial charge is 0.508 e. The highest BCUT2D eigenvalue weighted by Gasteiger charge is 2.16. The number of phenols is 2. The zero-order valence-electron chi connectivity index (χ0n) is 13.8. The molecule has 0 atom stereocenters. The molecule has 5 aromatic rings. The summed E-state index contributed by atoms with van der Waals surface area (Å²) in [7, 11) is 0. The predicted molar refractivity (Wildman–Crippen MR) is 105 cm³/mol. The van der Waals surface area contributed by atoms with Crippen molar-refractivity contribution in [3.05, 3.63) is 71.5 Å². The number of aromatic hydroxyl groups is 2. The van der Waals surface area contributed by atoms with Crippen LogP contribution >= 0.6 is 11.6 Å². The summed E-state index contributed by atoms with van der Waals surface area (Å²) in [5.41, 5.74) is 1.67. The first-order valence-electron chi connectivity index (χ1n) is 8.27. The van der Waals surface area contributed by atoms with Crippen LogP contribution < -0.4 is 0 Å². The van der Waals surface area contributed by atoms with Crippen LogP contribution in [0.2, 0.25) is 5.02 Å². The summed E-state index contributed by atoms with van der Waals surface area (Å²) in [6.07, 6.45) is 0. The highest BCUT2D eigenvalue weighted by atomic mass is 35.5. The first-order valence-corrected chi connectivity index (χ1v) is 8.65. The third-order valence-electron chi connectivity index (χ3n) is 4.75. The number of hydrogen-bond acceptors (Lipinski definition) is 3. The van der Waals surface area contributed by atoms with Gasteiger partial charge in [-0.2, -0.15) is 0 Å². The lowest BCUT2D eigenvalue weighted by Gasteiger charge is -2.09. The molecule has 0 aliphatic heterocycles. The van der Waals surface area contributed by atoms with Crippen molar-refractivity contribution < 1.29 is 19.0 Å². The molecule has 0 fully saturated rings. The molecule has 132 valence electrons. The Morgan fingerprint density at radius 2 is 1.56 bits per heavy atom. The van der Waals surface area contributed by atoms with Gasteiger partial charge in [0.05, 0.1) is 0 Å². The molecule has 27 heavy (non-hydrogen) atoms. The Labute approximate surface area is 157 Å². The van der Waals surface area contributed by atoms with E-state index in [2.05, 4.69) is 0 Å². The standard InChI is InChI=1S/C22H12ClFO3/c23-13-2-4-15-18-9-19(24)16(10-22(18)27-21(15)8-13)17-6-11-1-3-14(25)5-12(11)7-20(17)26/h1-10,25-26H. The van der Waals surface area contributed by atoms with Gasteiger partial charge in [-0.15, -0.1) is 0 Å². The van der Waals surface area contributed by atoms with Crippen molar-refractivity contribution >= 4 is 44.3 Å². The topological polar surface area (TPSA) is 53.6 Å². The van der Waals surface area contributed by atoms with Crippen LogP contribution in [0.25, 0.3) is 43.8 Å². The Bertz CT molecular complexity index is 1370. The van der Waals surface area contributed by atoms with Crippen LogP contribution in [-0.4, -0.2) is 10.2 Å². The van der Waals surface area contributed by atoms with Gasteiger partial charge in [-0.05, 0) is 59.3 Å². The van der Waals surface area contributed by atoms with E-state index in [-0.39, 0.29) is 17.1 Å². The zero-order valence-corrected chi connectivity index (χ0v) is 14.6. The first-order chi connectivity index (χ1) is 13.0. The van der Waals surface area contributed by atoms with Gasteiger partial charge >= 0.3 is 0 Å². The maximum Gasteiger partial charge on any atom is 0.136 e. The minimum Gasteiger partial charge on any atom is -0.508 e. The van der Waals surface area contributed by atoms with Crippen LogP contribution in [0.15, 0.2) is 65.1 Å².